The molecule has 0 amide bonds. The number of aliphatic hydroxyl groups excluding tert-OH is 4. The summed E-state index contributed by atoms with van der Waals surface area (Å²) in [4.78, 5) is 16.6. The highest BCUT2D eigenvalue weighted by atomic mass is 16.6. The molecule has 0 aromatic carbocycles. The minimum Gasteiger partial charge on any atom is -0.394 e. The molecule has 130 valence electrons. The monoisotopic (exact) mass is 337 g/mol. The van der Waals surface area contributed by atoms with E-state index < -0.39 is 42.8 Å². The number of nitrogens with one attached hydrogen (secondary N) is 1. The van der Waals surface area contributed by atoms with Crippen LogP contribution in [0.1, 0.15) is 5.56 Å². The van der Waals surface area contributed by atoms with Gasteiger partial charge in [-0.25, -0.2) is 4.98 Å². The highest BCUT2D eigenvalue weighted by Gasteiger charge is 2.43. The second-order valence-corrected chi connectivity index (χ2v) is 5.80. The van der Waals surface area contributed by atoms with Crippen LogP contribution < -0.4 is 10.9 Å². The van der Waals surface area contributed by atoms with Crippen LogP contribution in [0.3, 0.4) is 0 Å². The fourth-order valence-electron chi connectivity index (χ4n) is 2.65. The predicted octanol–water partition coefficient (Wildman–Crippen LogP) is -1.79. The molecule has 2 aromatic rings. The lowest BCUT2D eigenvalue weighted by molar-refractivity contribution is -0.221. The molecule has 1 aliphatic heterocycles. The molecule has 1 fully saturated rings. The summed E-state index contributed by atoms with van der Waals surface area (Å²) in [5.74, 6) is 0. The van der Waals surface area contributed by atoms with E-state index >= 15 is 0 Å². The average molecular weight is 337 g/mol. The summed E-state index contributed by atoms with van der Waals surface area (Å²) in [5, 5.41) is 41.4. The summed E-state index contributed by atoms with van der Waals surface area (Å²) in [6.07, 6.45) is -3.81. The van der Waals surface area contributed by atoms with E-state index in [1.165, 1.54) is 10.6 Å². The molecule has 24 heavy (non-hydrogen) atoms. The summed E-state index contributed by atoms with van der Waals surface area (Å²) in [6, 6.07) is 3.51. The molecule has 0 spiro atoms. The minimum absolute atomic E-state index is 0.0562. The van der Waals surface area contributed by atoms with Gasteiger partial charge in [0, 0.05) is 6.20 Å². The Hall–Kier alpha value is -2.04. The van der Waals surface area contributed by atoms with Gasteiger partial charge in [0.05, 0.1) is 12.8 Å². The summed E-state index contributed by atoms with van der Waals surface area (Å²) < 4.78 is 6.66. The van der Waals surface area contributed by atoms with Crippen molar-refractivity contribution in [3.8, 4) is 0 Å². The zero-order chi connectivity index (χ0) is 17.4. The van der Waals surface area contributed by atoms with Crippen molar-refractivity contribution in [1.29, 1.82) is 0 Å². The van der Waals surface area contributed by atoms with Gasteiger partial charge in [0.1, 0.15) is 35.8 Å². The molecule has 1 saturated heterocycles. The van der Waals surface area contributed by atoms with E-state index in [1.54, 1.807) is 18.3 Å². The van der Waals surface area contributed by atoms with Crippen LogP contribution in [0.25, 0.3) is 5.65 Å². The molecule has 9 heteroatoms. The highest BCUT2D eigenvalue weighted by molar-refractivity contribution is 5.48. The number of anilines is 1. The van der Waals surface area contributed by atoms with Crippen LogP contribution in [-0.4, -0.2) is 67.1 Å². The molecule has 1 unspecified atom stereocenters. The Bertz CT molecular complexity index is 792. The third-order valence-electron chi connectivity index (χ3n) is 4.06. The van der Waals surface area contributed by atoms with Crippen molar-refractivity contribution in [2.24, 2.45) is 0 Å². The van der Waals surface area contributed by atoms with Gasteiger partial charge in [-0.3, -0.25) is 9.20 Å². The van der Waals surface area contributed by atoms with Crippen LogP contribution in [-0.2, 0) is 4.74 Å². The number of nitrogens with zero attached hydrogens (tertiary/aromatic N) is 2. The maximum atomic E-state index is 12.5. The first-order chi connectivity index (χ1) is 11.4. The van der Waals surface area contributed by atoms with E-state index in [1.807, 2.05) is 6.92 Å². The Kier molecular flexibility index (Phi) is 4.52. The van der Waals surface area contributed by atoms with E-state index in [4.69, 9.17) is 4.74 Å². The smallest absolute Gasteiger partial charge is 0.281 e. The van der Waals surface area contributed by atoms with Gasteiger partial charge in [-0.2, -0.15) is 0 Å². The molecule has 3 rings (SSSR count). The van der Waals surface area contributed by atoms with E-state index in [0.29, 0.717) is 5.65 Å². The number of aryl methyl sites for hydroxylation is 1. The summed E-state index contributed by atoms with van der Waals surface area (Å²) in [7, 11) is 0. The van der Waals surface area contributed by atoms with Gasteiger partial charge in [-0.05, 0) is 24.6 Å². The first kappa shape index (κ1) is 16.8. The molecular formula is C15H19N3O6. The number of hydrogen-bond donors (Lipinski definition) is 5. The number of aromatic nitrogens is 2. The molecule has 9 nitrogen and oxygen atoms in total. The Labute approximate surface area is 136 Å². The Balaban J connectivity index is 1.90. The molecular weight excluding hydrogens is 318 g/mol. The van der Waals surface area contributed by atoms with Gasteiger partial charge in [-0.1, -0.05) is 0 Å². The fourth-order valence-corrected chi connectivity index (χ4v) is 2.65. The maximum Gasteiger partial charge on any atom is 0.281 e. The van der Waals surface area contributed by atoms with Crippen molar-refractivity contribution >= 4 is 11.3 Å². The molecule has 2 aromatic heterocycles. The summed E-state index contributed by atoms with van der Waals surface area (Å²) >= 11 is 0. The molecule has 0 radical (unpaired) electrons. The van der Waals surface area contributed by atoms with Crippen molar-refractivity contribution in [2.75, 3.05) is 11.9 Å². The number of ether oxygens (including phenoxy) is 1. The molecule has 5 N–H and O–H groups in total. The minimum atomic E-state index is -1.52. The van der Waals surface area contributed by atoms with Gasteiger partial charge in [0.25, 0.3) is 5.56 Å². The average Bonchev–Trinajstić information content (AvgIpc) is 2.57. The van der Waals surface area contributed by atoms with Gasteiger partial charge in [0.15, 0.2) is 6.23 Å². The second-order valence-electron chi connectivity index (χ2n) is 5.80. The SMILES string of the molecule is Cc1ccn2c(=O)c(NC3O[C@H](CO)[C@H](O)[C@H](O)[C@H]3O)cnc2c1. The Morgan fingerprint density at radius 3 is 2.75 bits per heavy atom. The normalized spacial score (nSPS) is 30.5. The number of hydrogen-bond acceptors (Lipinski definition) is 8. The quantitative estimate of drug-likeness (QED) is 0.443. The molecule has 5 atom stereocenters. The van der Waals surface area contributed by atoms with Crippen molar-refractivity contribution in [2.45, 2.75) is 37.6 Å². The summed E-state index contributed by atoms with van der Waals surface area (Å²) in [5.41, 5.74) is 1.08. The number of pyridine rings is 1. The van der Waals surface area contributed by atoms with Gasteiger partial charge >= 0.3 is 0 Å². The van der Waals surface area contributed by atoms with Crippen LogP contribution >= 0.6 is 0 Å². The number of fused-ring (bicyclic) bond motifs is 1. The topological polar surface area (TPSA) is 137 Å². The van der Waals surface area contributed by atoms with Crippen molar-refractivity contribution in [1.82, 2.24) is 9.38 Å². The van der Waals surface area contributed by atoms with Crippen molar-refractivity contribution in [3.05, 3.63) is 40.4 Å². The van der Waals surface area contributed by atoms with E-state index in [9.17, 15) is 25.2 Å². The third-order valence-corrected chi connectivity index (χ3v) is 4.06. The maximum absolute atomic E-state index is 12.5. The number of rotatable bonds is 3. The first-order valence-corrected chi connectivity index (χ1v) is 7.47. The Morgan fingerprint density at radius 1 is 1.29 bits per heavy atom. The molecule has 0 saturated carbocycles. The van der Waals surface area contributed by atoms with Crippen LogP contribution in [0.15, 0.2) is 29.3 Å². The zero-order valence-corrected chi connectivity index (χ0v) is 12.9. The lowest BCUT2D eigenvalue weighted by Gasteiger charge is -2.40. The molecule has 1 aliphatic rings. The lowest BCUT2D eigenvalue weighted by atomic mass is 9.98. The molecule has 3 heterocycles. The largest absolute Gasteiger partial charge is 0.394 e. The van der Waals surface area contributed by atoms with E-state index in [0.717, 1.165) is 5.56 Å². The van der Waals surface area contributed by atoms with E-state index in [-0.39, 0.29) is 5.69 Å². The van der Waals surface area contributed by atoms with Crippen LogP contribution in [0.4, 0.5) is 5.69 Å². The van der Waals surface area contributed by atoms with Crippen LogP contribution in [0.5, 0.6) is 0 Å². The van der Waals surface area contributed by atoms with Gasteiger partial charge in [0.2, 0.25) is 0 Å². The van der Waals surface area contributed by atoms with Crippen molar-refractivity contribution in [3.63, 3.8) is 0 Å². The van der Waals surface area contributed by atoms with E-state index in [2.05, 4.69) is 10.3 Å². The van der Waals surface area contributed by atoms with Crippen LogP contribution in [0, 0.1) is 6.92 Å². The highest BCUT2D eigenvalue weighted by Crippen LogP contribution is 2.21. The van der Waals surface area contributed by atoms with Gasteiger partial charge < -0.3 is 30.5 Å². The molecule has 0 aliphatic carbocycles. The fraction of sp³-hybridized carbons (Fsp3) is 0.467. The summed E-state index contributed by atoms with van der Waals surface area (Å²) in [6.45, 7) is 1.34. The predicted molar refractivity (Wildman–Crippen MR) is 83.6 cm³/mol. The number of aliphatic hydroxyl groups is 4. The molecule has 0 bridgehead atoms. The first-order valence-electron chi connectivity index (χ1n) is 7.47. The second kappa shape index (κ2) is 6.46. The van der Waals surface area contributed by atoms with Gasteiger partial charge in [-0.15, -0.1) is 0 Å². The third kappa shape index (κ3) is 2.87. The lowest BCUT2D eigenvalue weighted by Crippen LogP contribution is -2.60. The van der Waals surface area contributed by atoms with Crippen molar-refractivity contribution < 1.29 is 25.2 Å². The zero-order valence-electron chi connectivity index (χ0n) is 12.9. The van der Waals surface area contributed by atoms with Crippen LogP contribution in [0.2, 0.25) is 0 Å². The standard InChI is InChI=1S/C15H19N3O6/c1-7-2-3-18-10(4-7)16-5-8(15(18)23)17-14-13(22)12(21)11(20)9(6-19)24-14/h2-5,9,11-14,17,19-22H,6H2,1H3/t9-,11+,12+,13-,14?/m1/s1. The Morgan fingerprint density at radius 2 is 2.04 bits per heavy atom.